The summed E-state index contributed by atoms with van der Waals surface area (Å²) >= 11 is 12.7. The molecule has 2 aromatic rings. The van der Waals surface area contributed by atoms with Gasteiger partial charge in [-0.2, -0.15) is 0 Å². The number of aryl methyl sites for hydroxylation is 1. The van der Waals surface area contributed by atoms with Gasteiger partial charge in [-0.1, -0.05) is 59.6 Å². The molecule has 0 fully saturated rings. The lowest BCUT2D eigenvalue weighted by atomic mass is 9.99. The van der Waals surface area contributed by atoms with E-state index in [1.165, 1.54) is 0 Å². The quantitative estimate of drug-likeness (QED) is 0.712. The molecule has 2 rings (SSSR count). The predicted molar refractivity (Wildman–Crippen MR) is 93.2 cm³/mol. The molecule has 0 saturated carbocycles. The number of benzene rings is 2. The van der Waals surface area contributed by atoms with Gasteiger partial charge in [0.2, 0.25) is 0 Å². The van der Waals surface area contributed by atoms with E-state index in [0.717, 1.165) is 24.9 Å². The second-order valence-corrected chi connectivity index (χ2v) is 6.28. The lowest BCUT2D eigenvalue weighted by molar-refractivity contribution is 0.103. The van der Waals surface area contributed by atoms with Gasteiger partial charge in [0, 0.05) is 5.56 Å². The van der Waals surface area contributed by atoms with Crippen molar-refractivity contribution in [2.75, 3.05) is 20.6 Å². The van der Waals surface area contributed by atoms with Gasteiger partial charge in [0.25, 0.3) is 0 Å². The highest BCUT2D eigenvalue weighted by atomic mass is 35.5. The van der Waals surface area contributed by atoms with Gasteiger partial charge in [-0.05, 0) is 45.1 Å². The van der Waals surface area contributed by atoms with E-state index in [0.29, 0.717) is 21.2 Å². The molecule has 0 saturated heterocycles. The highest BCUT2D eigenvalue weighted by Gasteiger charge is 2.19. The van der Waals surface area contributed by atoms with Crippen LogP contribution >= 0.6 is 23.2 Å². The number of ketones is 1. The second-order valence-electron chi connectivity index (χ2n) is 5.50. The molecule has 0 aliphatic heterocycles. The van der Waals surface area contributed by atoms with Gasteiger partial charge in [0.05, 0.1) is 15.6 Å². The van der Waals surface area contributed by atoms with E-state index < -0.39 is 0 Å². The Bertz CT molecular complexity index is 654. The number of rotatable bonds is 6. The summed E-state index contributed by atoms with van der Waals surface area (Å²) in [6.07, 6.45) is 1.80. The number of nitrogens with zero attached hydrogens (tertiary/aromatic N) is 1. The molecule has 0 aliphatic carbocycles. The first kappa shape index (κ1) is 17.0. The number of hydrogen-bond acceptors (Lipinski definition) is 2. The van der Waals surface area contributed by atoms with Crippen LogP contribution in [0.15, 0.2) is 42.5 Å². The van der Waals surface area contributed by atoms with Crippen molar-refractivity contribution in [3.05, 3.63) is 69.2 Å². The molecule has 0 radical (unpaired) electrons. The first-order valence-corrected chi connectivity index (χ1v) is 7.97. The van der Waals surface area contributed by atoms with E-state index in [2.05, 4.69) is 4.90 Å². The lowest BCUT2D eigenvalue weighted by Crippen LogP contribution is -2.13. The summed E-state index contributed by atoms with van der Waals surface area (Å²) in [6.45, 7) is 0.973. The maximum absolute atomic E-state index is 12.6. The molecule has 2 aromatic carbocycles. The average molecular weight is 336 g/mol. The maximum atomic E-state index is 12.6. The summed E-state index contributed by atoms with van der Waals surface area (Å²) in [6, 6.07) is 12.7. The zero-order chi connectivity index (χ0) is 16.1. The van der Waals surface area contributed by atoms with E-state index in [1.54, 1.807) is 18.2 Å². The topological polar surface area (TPSA) is 20.3 Å². The lowest BCUT2D eigenvalue weighted by Gasteiger charge is -2.13. The Kier molecular flexibility index (Phi) is 6.01. The van der Waals surface area contributed by atoms with Crippen LogP contribution in [0.4, 0.5) is 0 Å². The minimum absolute atomic E-state index is 0.134. The monoisotopic (exact) mass is 335 g/mol. The number of halogens is 2. The molecule has 2 nitrogen and oxygen atoms in total. The van der Waals surface area contributed by atoms with Crippen LogP contribution in [0.3, 0.4) is 0 Å². The SMILES string of the molecule is CN(C)CCCc1ccc(Cl)c(C(=O)c2ccccc2)c1Cl. The van der Waals surface area contributed by atoms with Crippen molar-refractivity contribution < 1.29 is 4.79 Å². The Morgan fingerprint density at radius 1 is 1.05 bits per heavy atom. The van der Waals surface area contributed by atoms with Gasteiger partial charge in [-0.15, -0.1) is 0 Å². The average Bonchev–Trinajstić information content (AvgIpc) is 2.50. The van der Waals surface area contributed by atoms with Crippen LogP contribution in [0.1, 0.15) is 27.9 Å². The van der Waals surface area contributed by atoms with E-state index in [4.69, 9.17) is 23.2 Å². The van der Waals surface area contributed by atoms with Crippen molar-refractivity contribution in [2.45, 2.75) is 12.8 Å². The van der Waals surface area contributed by atoms with Gasteiger partial charge in [0.15, 0.2) is 5.78 Å². The number of carbonyl (C=O) groups is 1. The van der Waals surface area contributed by atoms with Crippen LogP contribution in [0.2, 0.25) is 10.0 Å². The Balaban J connectivity index is 2.29. The Labute approximate surface area is 141 Å². The van der Waals surface area contributed by atoms with Crippen LogP contribution in [0.5, 0.6) is 0 Å². The Hall–Kier alpha value is -1.35. The maximum Gasteiger partial charge on any atom is 0.196 e. The predicted octanol–water partition coefficient (Wildman–Crippen LogP) is 4.72. The zero-order valence-electron chi connectivity index (χ0n) is 12.8. The third-order valence-electron chi connectivity index (χ3n) is 3.49. The highest BCUT2D eigenvalue weighted by Crippen LogP contribution is 2.31. The van der Waals surface area contributed by atoms with E-state index in [9.17, 15) is 4.79 Å². The van der Waals surface area contributed by atoms with E-state index >= 15 is 0 Å². The molecule has 0 amide bonds. The van der Waals surface area contributed by atoms with Gasteiger partial charge in [-0.3, -0.25) is 4.79 Å². The molecule has 22 heavy (non-hydrogen) atoms. The summed E-state index contributed by atoms with van der Waals surface area (Å²) < 4.78 is 0. The fraction of sp³-hybridized carbons (Fsp3) is 0.278. The Morgan fingerprint density at radius 2 is 1.73 bits per heavy atom. The molecule has 0 atom stereocenters. The van der Waals surface area contributed by atoms with Crippen molar-refractivity contribution in [3.8, 4) is 0 Å². The molecule has 0 unspecified atom stereocenters. The fourth-order valence-electron chi connectivity index (χ4n) is 2.32. The molecule has 0 N–H and O–H groups in total. The van der Waals surface area contributed by atoms with Gasteiger partial charge >= 0.3 is 0 Å². The summed E-state index contributed by atoms with van der Waals surface area (Å²) in [4.78, 5) is 14.8. The normalized spacial score (nSPS) is 11.0. The molecular formula is C18H19Cl2NO. The Morgan fingerprint density at radius 3 is 2.36 bits per heavy atom. The van der Waals surface area contributed by atoms with Crippen molar-refractivity contribution in [2.24, 2.45) is 0 Å². The van der Waals surface area contributed by atoms with Gasteiger partial charge < -0.3 is 4.90 Å². The molecule has 0 bridgehead atoms. The van der Waals surface area contributed by atoms with Crippen LogP contribution in [0, 0.1) is 0 Å². The molecule has 116 valence electrons. The van der Waals surface area contributed by atoms with Crippen molar-refractivity contribution in [1.82, 2.24) is 4.90 Å². The third kappa shape index (κ3) is 4.10. The fourth-order valence-corrected chi connectivity index (χ4v) is 2.95. The van der Waals surface area contributed by atoms with Gasteiger partial charge in [-0.25, -0.2) is 0 Å². The molecule has 0 spiro atoms. The van der Waals surface area contributed by atoms with Crippen LogP contribution in [0.25, 0.3) is 0 Å². The molecule has 4 heteroatoms. The summed E-state index contributed by atoms with van der Waals surface area (Å²) in [5.74, 6) is -0.134. The summed E-state index contributed by atoms with van der Waals surface area (Å²) in [5, 5.41) is 0.871. The zero-order valence-corrected chi connectivity index (χ0v) is 14.3. The third-order valence-corrected chi connectivity index (χ3v) is 4.23. The van der Waals surface area contributed by atoms with E-state index in [-0.39, 0.29) is 5.78 Å². The highest BCUT2D eigenvalue weighted by molar-refractivity contribution is 6.41. The molecular weight excluding hydrogens is 317 g/mol. The first-order valence-electron chi connectivity index (χ1n) is 7.22. The minimum Gasteiger partial charge on any atom is -0.309 e. The molecule has 0 aliphatic rings. The molecule has 0 aromatic heterocycles. The summed E-state index contributed by atoms with van der Waals surface area (Å²) in [5.41, 5.74) is 1.96. The standard InChI is InChI=1S/C18H19Cl2NO/c1-21(2)12-6-9-13-10-11-15(19)16(17(13)20)18(22)14-7-4-3-5-8-14/h3-5,7-8,10-11H,6,9,12H2,1-2H3. The van der Waals surface area contributed by atoms with Gasteiger partial charge in [0.1, 0.15) is 0 Å². The number of hydrogen-bond donors (Lipinski definition) is 0. The van der Waals surface area contributed by atoms with Crippen molar-refractivity contribution in [1.29, 1.82) is 0 Å². The largest absolute Gasteiger partial charge is 0.309 e. The summed E-state index contributed by atoms with van der Waals surface area (Å²) in [7, 11) is 4.07. The smallest absolute Gasteiger partial charge is 0.196 e. The number of carbonyl (C=O) groups excluding carboxylic acids is 1. The van der Waals surface area contributed by atoms with Crippen molar-refractivity contribution in [3.63, 3.8) is 0 Å². The van der Waals surface area contributed by atoms with Crippen LogP contribution < -0.4 is 0 Å². The minimum atomic E-state index is -0.134. The van der Waals surface area contributed by atoms with E-state index in [1.807, 2.05) is 38.4 Å². The van der Waals surface area contributed by atoms with Crippen LogP contribution in [-0.4, -0.2) is 31.3 Å². The first-order chi connectivity index (χ1) is 10.5. The van der Waals surface area contributed by atoms with Crippen molar-refractivity contribution >= 4 is 29.0 Å². The molecule has 0 heterocycles. The second kappa shape index (κ2) is 7.77. The van der Waals surface area contributed by atoms with Crippen LogP contribution in [-0.2, 0) is 6.42 Å².